The molecule has 5 heterocycles. The van der Waals surface area contributed by atoms with E-state index in [9.17, 15) is 0 Å². The molecule has 2 bridgehead atoms. The third kappa shape index (κ3) is 5.09. The summed E-state index contributed by atoms with van der Waals surface area (Å²) in [6.45, 7) is 8.58. The van der Waals surface area contributed by atoms with Crippen LogP contribution in [-0.2, 0) is 4.74 Å². The number of benzene rings is 1. The normalized spacial score (nSPS) is 28.4. The van der Waals surface area contributed by atoms with Gasteiger partial charge in [-0.3, -0.25) is 9.80 Å². The van der Waals surface area contributed by atoms with Crippen LogP contribution in [0.4, 0.5) is 5.69 Å². The maximum absolute atomic E-state index is 5.56. The quantitative estimate of drug-likeness (QED) is 0.668. The zero-order valence-corrected chi connectivity index (χ0v) is 18.8. The minimum atomic E-state index is 0.585. The third-order valence-electron chi connectivity index (χ3n) is 7.00. The number of thiocarbonyl (C=S) groups is 1. The number of hydrogen-bond donors (Lipinski definition) is 2. The highest BCUT2D eigenvalue weighted by atomic mass is 32.1. The molecule has 0 amide bonds. The van der Waals surface area contributed by atoms with E-state index in [1.807, 2.05) is 41.2 Å². The van der Waals surface area contributed by atoms with Gasteiger partial charge >= 0.3 is 0 Å². The van der Waals surface area contributed by atoms with Gasteiger partial charge in [-0.2, -0.15) is 5.10 Å². The van der Waals surface area contributed by atoms with Crippen LogP contribution >= 0.6 is 12.2 Å². The molecule has 1 aromatic carbocycles. The molecule has 4 aliphatic rings. The minimum Gasteiger partial charge on any atom is -0.379 e. The van der Waals surface area contributed by atoms with Crippen LogP contribution in [0.25, 0.3) is 5.69 Å². The molecule has 0 saturated carbocycles. The summed E-state index contributed by atoms with van der Waals surface area (Å²) < 4.78 is 7.35. The average molecular weight is 441 g/mol. The molecule has 4 atom stereocenters. The second-order valence-corrected chi connectivity index (χ2v) is 9.35. The number of nitrogens with zero attached hydrogens (tertiary/aromatic N) is 4. The topological polar surface area (TPSA) is 57.6 Å². The third-order valence-corrected chi connectivity index (χ3v) is 7.25. The van der Waals surface area contributed by atoms with E-state index in [1.54, 1.807) is 6.20 Å². The van der Waals surface area contributed by atoms with Crippen molar-refractivity contribution in [2.45, 2.75) is 18.9 Å². The maximum Gasteiger partial charge on any atom is 0.170 e. The van der Waals surface area contributed by atoms with Crippen LogP contribution in [-0.4, -0.2) is 83.2 Å². The van der Waals surface area contributed by atoms with Crippen molar-refractivity contribution in [3.05, 3.63) is 42.7 Å². The number of ether oxygens (including phenoxy) is 1. The lowest BCUT2D eigenvalue weighted by Crippen LogP contribution is -2.59. The smallest absolute Gasteiger partial charge is 0.170 e. The summed E-state index contributed by atoms with van der Waals surface area (Å²) in [4.78, 5) is 5.28. The number of morpholine rings is 1. The highest BCUT2D eigenvalue weighted by Crippen LogP contribution is 2.36. The van der Waals surface area contributed by atoms with Crippen molar-refractivity contribution >= 4 is 23.0 Å². The summed E-state index contributed by atoms with van der Waals surface area (Å²) in [5, 5.41) is 11.7. The van der Waals surface area contributed by atoms with Gasteiger partial charge in [-0.1, -0.05) is 0 Å². The van der Waals surface area contributed by atoms with Gasteiger partial charge < -0.3 is 15.4 Å². The van der Waals surface area contributed by atoms with Crippen LogP contribution in [0.1, 0.15) is 12.8 Å². The highest BCUT2D eigenvalue weighted by molar-refractivity contribution is 7.80. The lowest BCUT2D eigenvalue weighted by atomic mass is 9.75. The Morgan fingerprint density at radius 2 is 2.00 bits per heavy atom. The summed E-state index contributed by atoms with van der Waals surface area (Å²) in [6, 6.07) is 10.7. The van der Waals surface area contributed by atoms with Crippen LogP contribution in [0.3, 0.4) is 0 Å². The molecule has 31 heavy (non-hydrogen) atoms. The Labute approximate surface area is 189 Å². The van der Waals surface area contributed by atoms with Crippen LogP contribution in [0.2, 0.25) is 0 Å². The molecule has 7 nitrogen and oxygen atoms in total. The van der Waals surface area contributed by atoms with Gasteiger partial charge in [-0.05, 0) is 73.8 Å². The first-order valence-electron chi connectivity index (χ1n) is 11.4. The standard InChI is InChI=1S/C23H32N6OS/c31-23(26-20-2-4-21(5-3-20)29-8-1-7-25-29)24-15-22-14-18-6-9-28(22)17-19(18)16-27-10-12-30-13-11-27/h1-5,7-8,18-19,22H,6,9-17H2,(H2,24,26,31). The Morgan fingerprint density at radius 3 is 2.71 bits per heavy atom. The van der Waals surface area contributed by atoms with E-state index < -0.39 is 0 Å². The summed E-state index contributed by atoms with van der Waals surface area (Å²) in [5.74, 6) is 1.65. The van der Waals surface area contributed by atoms with Crippen molar-refractivity contribution in [2.75, 3.05) is 57.8 Å². The molecule has 6 rings (SSSR count). The zero-order chi connectivity index (χ0) is 21.0. The number of anilines is 1. The van der Waals surface area contributed by atoms with Crippen molar-refractivity contribution in [2.24, 2.45) is 11.8 Å². The maximum atomic E-state index is 5.56. The van der Waals surface area contributed by atoms with Crippen LogP contribution in [0.15, 0.2) is 42.7 Å². The number of hydrogen-bond acceptors (Lipinski definition) is 5. The number of piperidine rings is 3. The average Bonchev–Trinajstić information content (AvgIpc) is 3.35. The largest absolute Gasteiger partial charge is 0.379 e. The summed E-state index contributed by atoms with van der Waals surface area (Å²) in [5.41, 5.74) is 2.02. The van der Waals surface area contributed by atoms with E-state index in [4.69, 9.17) is 17.0 Å². The molecule has 2 aromatic rings. The molecule has 1 aromatic heterocycles. The molecule has 2 N–H and O–H groups in total. The molecular weight excluding hydrogens is 408 g/mol. The van der Waals surface area contributed by atoms with Gasteiger partial charge in [0.2, 0.25) is 0 Å². The summed E-state index contributed by atoms with van der Waals surface area (Å²) in [6.07, 6.45) is 6.34. The SMILES string of the molecule is S=C(NCC1CC2CCN1CC2CN1CCOCC1)Nc1ccc(-n2cccn2)cc1. The Balaban J connectivity index is 1.08. The highest BCUT2D eigenvalue weighted by Gasteiger charge is 2.40. The van der Waals surface area contributed by atoms with E-state index >= 15 is 0 Å². The fourth-order valence-electron chi connectivity index (χ4n) is 5.29. The second kappa shape index (κ2) is 9.65. The summed E-state index contributed by atoms with van der Waals surface area (Å²) in [7, 11) is 0. The van der Waals surface area contributed by atoms with E-state index in [1.165, 1.54) is 32.5 Å². The van der Waals surface area contributed by atoms with Crippen molar-refractivity contribution < 1.29 is 4.74 Å². The molecule has 0 spiro atoms. The Morgan fingerprint density at radius 1 is 1.16 bits per heavy atom. The van der Waals surface area contributed by atoms with Crippen molar-refractivity contribution in [1.29, 1.82) is 0 Å². The molecule has 0 aliphatic carbocycles. The van der Waals surface area contributed by atoms with Gasteiger partial charge in [0.15, 0.2) is 5.11 Å². The molecular formula is C23H32N6OS. The van der Waals surface area contributed by atoms with Gasteiger partial charge in [-0.25, -0.2) is 4.68 Å². The predicted molar refractivity (Wildman–Crippen MR) is 127 cm³/mol. The van der Waals surface area contributed by atoms with Gasteiger partial charge in [0.25, 0.3) is 0 Å². The predicted octanol–water partition coefficient (Wildman–Crippen LogP) is 2.20. The monoisotopic (exact) mass is 440 g/mol. The van der Waals surface area contributed by atoms with E-state index in [0.717, 1.165) is 56.1 Å². The molecule has 8 heteroatoms. The van der Waals surface area contributed by atoms with Gasteiger partial charge in [0, 0.05) is 56.8 Å². The first-order valence-corrected chi connectivity index (χ1v) is 11.8. The lowest BCUT2D eigenvalue weighted by molar-refractivity contribution is -0.0286. The lowest BCUT2D eigenvalue weighted by Gasteiger charge is -2.51. The number of aromatic nitrogens is 2. The number of fused-ring (bicyclic) bond motifs is 3. The Kier molecular flexibility index (Phi) is 6.50. The fourth-order valence-corrected chi connectivity index (χ4v) is 5.49. The van der Waals surface area contributed by atoms with E-state index in [-0.39, 0.29) is 0 Å². The first kappa shape index (κ1) is 20.9. The molecule has 4 saturated heterocycles. The molecule has 4 aliphatic heterocycles. The van der Waals surface area contributed by atoms with Crippen molar-refractivity contribution in [3.63, 3.8) is 0 Å². The van der Waals surface area contributed by atoms with Gasteiger partial charge in [-0.15, -0.1) is 0 Å². The summed E-state index contributed by atoms with van der Waals surface area (Å²) >= 11 is 5.56. The van der Waals surface area contributed by atoms with Crippen molar-refractivity contribution in [1.82, 2.24) is 24.9 Å². The minimum absolute atomic E-state index is 0.585. The molecule has 166 valence electrons. The van der Waals surface area contributed by atoms with Crippen LogP contribution < -0.4 is 10.6 Å². The Hall–Kier alpha value is -2.00. The first-order chi connectivity index (χ1) is 15.2. The van der Waals surface area contributed by atoms with Crippen LogP contribution in [0, 0.1) is 11.8 Å². The number of nitrogens with one attached hydrogen (secondary N) is 2. The molecule has 4 unspecified atom stereocenters. The zero-order valence-electron chi connectivity index (χ0n) is 17.9. The number of rotatable bonds is 6. The molecule has 0 radical (unpaired) electrons. The van der Waals surface area contributed by atoms with Crippen LogP contribution in [0.5, 0.6) is 0 Å². The van der Waals surface area contributed by atoms with E-state index in [0.29, 0.717) is 11.2 Å². The Bertz CT molecular complexity index is 851. The fraction of sp³-hybridized carbons (Fsp3) is 0.565. The van der Waals surface area contributed by atoms with E-state index in [2.05, 4.69) is 25.5 Å². The second-order valence-electron chi connectivity index (χ2n) is 8.94. The van der Waals surface area contributed by atoms with Gasteiger partial charge in [0.05, 0.1) is 18.9 Å². The van der Waals surface area contributed by atoms with Crippen molar-refractivity contribution in [3.8, 4) is 5.69 Å². The molecule has 4 fully saturated rings. The van der Waals surface area contributed by atoms with Gasteiger partial charge in [0.1, 0.15) is 0 Å².